The Morgan fingerprint density at radius 3 is 2.22 bits per heavy atom. The van der Waals surface area contributed by atoms with Gasteiger partial charge in [-0.15, -0.1) is 11.3 Å². The van der Waals surface area contributed by atoms with E-state index < -0.39 is 6.10 Å². The highest BCUT2D eigenvalue weighted by atomic mass is 79.9. The minimum Gasteiger partial charge on any atom is -0.496 e. The van der Waals surface area contributed by atoms with Gasteiger partial charge in [0.05, 0.1) is 24.7 Å². The van der Waals surface area contributed by atoms with Crippen LogP contribution in [-0.2, 0) is 0 Å². The predicted octanol–water partition coefficient (Wildman–Crippen LogP) is 3.61. The van der Waals surface area contributed by atoms with Crippen LogP contribution in [0.25, 0.3) is 0 Å². The van der Waals surface area contributed by atoms with Gasteiger partial charge in [0.1, 0.15) is 17.6 Å². The van der Waals surface area contributed by atoms with Crippen LogP contribution in [0.1, 0.15) is 16.5 Å². The molecule has 0 saturated heterocycles. The van der Waals surface area contributed by atoms with Crippen molar-refractivity contribution in [2.45, 2.75) is 6.10 Å². The number of aliphatic hydroxyl groups excluding tert-OH is 1. The van der Waals surface area contributed by atoms with Crippen LogP contribution in [0.4, 0.5) is 0 Å². The van der Waals surface area contributed by atoms with E-state index in [4.69, 9.17) is 9.47 Å². The highest BCUT2D eigenvalue weighted by molar-refractivity contribution is 9.10. The van der Waals surface area contributed by atoms with Gasteiger partial charge in [-0.2, -0.15) is 0 Å². The van der Waals surface area contributed by atoms with Crippen LogP contribution in [0.3, 0.4) is 0 Å². The molecule has 0 aliphatic heterocycles. The molecule has 2 aromatic rings. The molecule has 1 atom stereocenters. The molecule has 96 valence electrons. The third-order valence-electron chi connectivity index (χ3n) is 2.63. The highest BCUT2D eigenvalue weighted by Gasteiger charge is 2.23. The molecule has 0 radical (unpaired) electrons. The number of methoxy groups -OCH3 is 2. The SMILES string of the molecule is COc1cccc(OC)c1C(O)c1sccc1Br. The molecule has 1 heterocycles. The number of hydrogen-bond donors (Lipinski definition) is 1. The zero-order valence-electron chi connectivity index (χ0n) is 10.0. The molecule has 1 aromatic carbocycles. The topological polar surface area (TPSA) is 38.7 Å². The fourth-order valence-corrected chi connectivity index (χ4v) is 3.36. The molecular formula is C13H13BrO3S. The second-order valence-corrected chi connectivity index (χ2v) is 5.41. The molecule has 0 amide bonds. The van der Waals surface area contributed by atoms with Crippen molar-refractivity contribution in [2.24, 2.45) is 0 Å². The van der Waals surface area contributed by atoms with Gasteiger partial charge in [0, 0.05) is 4.47 Å². The lowest BCUT2D eigenvalue weighted by atomic mass is 10.1. The largest absolute Gasteiger partial charge is 0.496 e. The number of thiophene rings is 1. The van der Waals surface area contributed by atoms with Crippen molar-refractivity contribution in [2.75, 3.05) is 14.2 Å². The zero-order valence-corrected chi connectivity index (χ0v) is 12.4. The number of ether oxygens (including phenoxy) is 2. The summed E-state index contributed by atoms with van der Waals surface area (Å²) in [5, 5.41) is 12.4. The van der Waals surface area contributed by atoms with E-state index in [1.165, 1.54) is 11.3 Å². The van der Waals surface area contributed by atoms with Crippen molar-refractivity contribution in [3.63, 3.8) is 0 Å². The van der Waals surface area contributed by atoms with Crippen LogP contribution in [0.2, 0.25) is 0 Å². The summed E-state index contributed by atoms with van der Waals surface area (Å²) in [6.45, 7) is 0. The van der Waals surface area contributed by atoms with Crippen molar-refractivity contribution >= 4 is 27.3 Å². The van der Waals surface area contributed by atoms with Gasteiger partial charge < -0.3 is 14.6 Å². The van der Waals surface area contributed by atoms with Crippen molar-refractivity contribution in [1.82, 2.24) is 0 Å². The lowest BCUT2D eigenvalue weighted by Crippen LogP contribution is -2.04. The summed E-state index contributed by atoms with van der Waals surface area (Å²) in [7, 11) is 3.16. The molecule has 1 N–H and O–H groups in total. The standard InChI is InChI=1S/C13H13BrO3S/c1-16-9-4-3-5-10(17-2)11(9)12(15)13-8(14)6-7-18-13/h3-7,12,15H,1-2H3. The first-order chi connectivity index (χ1) is 8.69. The van der Waals surface area contributed by atoms with Gasteiger partial charge >= 0.3 is 0 Å². The molecule has 0 saturated carbocycles. The normalized spacial score (nSPS) is 12.2. The Labute approximate surface area is 118 Å². The molecule has 1 aromatic heterocycles. The first-order valence-corrected chi connectivity index (χ1v) is 6.98. The van der Waals surface area contributed by atoms with Crippen LogP contribution in [0, 0.1) is 0 Å². The Morgan fingerprint density at radius 2 is 1.78 bits per heavy atom. The maximum absolute atomic E-state index is 10.5. The molecule has 0 spiro atoms. The quantitative estimate of drug-likeness (QED) is 0.931. The second kappa shape index (κ2) is 5.73. The van der Waals surface area contributed by atoms with E-state index in [1.54, 1.807) is 14.2 Å². The minimum absolute atomic E-state index is 0.613. The lowest BCUT2D eigenvalue weighted by Gasteiger charge is -2.17. The fraction of sp³-hybridized carbons (Fsp3) is 0.231. The molecule has 0 aliphatic carbocycles. The van der Waals surface area contributed by atoms with E-state index >= 15 is 0 Å². The molecule has 1 unspecified atom stereocenters. The third-order valence-corrected chi connectivity index (χ3v) is 4.56. The van der Waals surface area contributed by atoms with Gasteiger partial charge in [0.15, 0.2) is 0 Å². The monoisotopic (exact) mass is 328 g/mol. The first kappa shape index (κ1) is 13.4. The van der Waals surface area contributed by atoms with Gasteiger partial charge in [-0.25, -0.2) is 0 Å². The molecule has 18 heavy (non-hydrogen) atoms. The second-order valence-electron chi connectivity index (χ2n) is 3.61. The van der Waals surface area contributed by atoms with Gasteiger partial charge in [-0.3, -0.25) is 0 Å². The van der Waals surface area contributed by atoms with Crippen LogP contribution >= 0.6 is 27.3 Å². The van der Waals surface area contributed by atoms with E-state index in [1.807, 2.05) is 29.6 Å². The Hall–Kier alpha value is -1.04. The number of hydrogen-bond acceptors (Lipinski definition) is 4. The van der Waals surface area contributed by atoms with Crippen LogP contribution in [0.15, 0.2) is 34.1 Å². The van der Waals surface area contributed by atoms with Crippen LogP contribution in [0.5, 0.6) is 11.5 Å². The fourth-order valence-electron chi connectivity index (χ4n) is 1.78. The summed E-state index contributed by atoms with van der Waals surface area (Å²) in [4.78, 5) is 0.831. The predicted molar refractivity (Wildman–Crippen MR) is 75.6 cm³/mol. The summed E-state index contributed by atoms with van der Waals surface area (Å²) < 4.78 is 11.5. The molecule has 3 nitrogen and oxygen atoms in total. The molecule has 0 fully saturated rings. The number of benzene rings is 1. The van der Waals surface area contributed by atoms with E-state index in [0.717, 1.165) is 9.35 Å². The van der Waals surface area contributed by atoms with Crippen molar-refractivity contribution in [3.8, 4) is 11.5 Å². The van der Waals surface area contributed by atoms with Gasteiger partial charge in [-0.05, 0) is 39.5 Å². The highest BCUT2D eigenvalue weighted by Crippen LogP contribution is 2.41. The Bertz CT molecular complexity index is 517. The van der Waals surface area contributed by atoms with Gasteiger partial charge in [-0.1, -0.05) is 6.07 Å². The Kier molecular flexibility index (Phi) is 4.27. The molecule has 0 aliphatic rings. The summed E-state index contributed by atoms with van der Waals surface area (Å²) in [6.07, 6.45) is -0.773. The average Bonchev–Trinajstić information content (AvgIpc) is 2.83. The van der Waals surface area contributed by atoms with Crippen LogP contribution < -0.4 is 9.47 Å². The van der Waals surface area contributed by atoms with E-state index in [9.17, 15) is 5.11 Å². The summed E-state index contributed by atoms with van der Waals surface area (Å²) in [5.41, 5.74) is 0.644. The number of aliphatic hydroxyl groups is 1. The Balaban J connectivity index is 2.52. The summed E-state index contributed by atoms with van der Waals surface area (Å²) in [5.74, 6) is 1.23. The number of rotatable bonds is 4. The lowest BCUT2D eigenvalue weighted by molar-refractivity contribution is 0.211. The maximum atomic E-state index is 10.5. The van der Waals surface area contributed by atoms with E-state index in [-0.39, 0.29) is 0 Å². The molecule has 5 heteroatoms. The molecular weight excluding hydrogens is 316 g/mol. The van der Waals surface area contributed by atoms with Crippen molar-refractivity contribution in [3.05, 3.63) is 44.6 Å². The van der Waals surface area contributed by atoms with Crippen molar-refractivity contribution < 1.29 is 14.6 Å². The summed E-state index contributed by atoms with van der Waals surface area (Å²) in [6, 6.07) is 7.35. The van der Waals surface area contributed by atoms with Gasteiger partial charge in [0.2, 0.25) is 0 Å². The van der Waals surface area contributed by atoms with Gasteiger partial charge in [0.25, 0.3) is 0 Å². The number of halogens is 1. The van der Waals surface area contributed by atoms with Crippen LogP contribution in [-0.4, -0.2) is 19.3 Å². The van der Waals surface area contributed by atoms with E-state index in [0.29, 0.717) is 17.1 Å². The maximum Gasteiger partial charge on any atom is 0.128 e. The van der Waals surface area contributed by atoms with Crippen molar-refractivity contribution in [1.29, 1.82) is 0 Å². The first-order valence-electron chi connectivity index (χ1n) is 5.31. The smallest absolute Gasteiger partial charge is 0.128 e. The summed E-state index contributed by atoms with van der Waals surface area (Å²) >= 11 is 4.91. The minimum atomic E-state index is -0.773. The average molecular weight is 329 g/mol. The third kappa shape index (κ3) is 2.39. The van der Waals surface area contributed by atoms with E-state index in [2.05, 4.69) is 15.9 Å². The molecule has 2 rings (SSSR count). The Morgan fingerprint density at radius 1 is 1.17 bits per heavy atom. The zero-order chi connectivity index (χ0) is 13.1. The molecule has 0 bridgehead atoms.